The molecule has 0 bridgehead atoms. The molecule has 0 amide bonds. The van der Waals surface area contributed by atoms with Crippen molar-refractivity contribution < 1.29 is 4.39 Å². The summed E-state index contributed by atoms with van der Waals surface area (Å²) in [5, 5.41) is 0.729. The summed E-state index contributed by atoms with van der Waals surface area (Å²) in [5.74, 6) is 0.726. The minimum atomic E-state index is -0.415. The summed E-state index contributed by atoms with van der Waals surface area (Å²) in [4.78, 5) is 0. The Hall–Kier alpha value is -0.560. The summed E-state index contributed by atoms with van der Waals surface area (Å²) < 4.78 is 12.3. The highest BCUT2D eigenvalue weighted by atomic mass is 35.5. The number of aryl methyl sites for hydroxylation is 1. The number of benzene rings is 1. The van der Waals surface area contributed by atoms with Crippen LogP contribution in [0.4, 0.5) is 4.39 Å². The van der Waals surface area contributed by atoms with Gasteiger partial charge in [0.1, 0.15) is 0 Å². The maximum atomic E-state index is 12.3. The van der Waals surface area contributed by atoms with Crippen LogP contribution < -0.4 is 0 Å². The standard InChI is InChI=1S/C11H13ClF/c1-3-9-4-5-10(6-11(9)12)8(2)7-13/h4-6H,3,7H2,1-2H3. The van der Waals surface area contributed by atoms with Crippen molar-refractivity contribution in [3.63, 3.8) is 0 Å². The van der Waals surface area contributed by atoms with Gasteiger partial charge in [-0.1, -0.05) is 37.6 Å². The van der Waals surface area contributed by atoms with Gasteiger partial charge in [0.15, 0.2) is 0 Å². The van der Waals surface area contributed by atoms with Gasteiger partial charge < -0.3 is 0 Å². The lowest BCUT2D eigenvalue weighted by Gasteiger charge is -2.08. The number of hydrogen-bond donors (Lipinski definition) is 0. The van der Waals surface area contributed by atoms with Gasteiger partial charge in [-0.15, -0.1) is 0 Å². The molecule has 0 aromatic heterocycles. The van der Waals surface area contributed by atoms with Crippen LogP contribution in [0.25, 0.3) is 0 Å². The third kappa shape index (κ3) is 2.44. The molecule has 0 aliphatic rings. The molecular weight excluding hydrogens is 187 g/mol. The first-order chi connectivity index (χ1) is 6.19. The Labute approximate surface area is 83.7 Å². The number of hydrogen-bond acceptors (Lipinski definition) is 0. The van der Waals surface area contributed by atoms with Crippen LogP contribution in [0.5, 0.6) is 0 Å². The molecule has 0 nitrogen and oxygen atoms in total. The van der Waals surface area contributed by atoms with E-state index in [2.05, 4.69) is 0 Å². The molecular formula is C11H13ClF. The van der Waals surface area contributed by atoms with E-state index in [1.165, 1.54) is 0 Å². The first-order valence-corrected chi connectivity index (χ1v) is 4.74. The second-order valence-electron chi connectivity index (χ2n) is 3.07. The van der Waals surface area contributed by atoms with E-state index in [9.17, 15) is 4.39 Å². The van der Waals surface area contributed by atoms with Crippen LogP contribution in [0, 0.1) is 5.92 Å². The lowest BCUT2D eigenvalue weighted by molar-refractivity contribution is 0.516. The van der Waals surface area contributed by atoms with E-state index in [1.807, 2.05) is 25.1 Å². The number of rotatable bonds is 3. The Kier molecular flexibility index (Phi) is 3.73. The van der Waals surface area contributed by atoms with E-state index in [1.54, 1.807) is 6.92 Å². The van der Waals surface area contributed by atoms with Gasteiger partial charge in [-0.2, -0.15) is 0 Å². The van der Waals surface area contributed by atoms with E-state index < -0.39 is 6.67 Å². The highest BCUT2D eigenvalue weighted by Crippen LogP contribution is 2.23. The van der Waals surface area contributed by atoms with Gasteiger partial charge in [-0.05, 0) is 23.6 Å². The van der Waals surface area contributed by atoms with Crippen molar-refractivity contribution in [2.45, 2.75) is 20.3 Å². The van der Waals surface area contributed by atoms with Crippen LogP contribution in [0.3, 0.4) is 0 Å². The molecule has 1 rings (SSSR count). The highest BCUT2D eigenvalue weighted by Gasteiger charge is 2.07. The maximum Gasteiger partial charge on any atom is 0.0997 e. The molecule has 2 heteroatoms. The molecule has 0 N–H and O–H groups in total. The van der Waals surface area contributed by atoms with Crippen LogP contribution in [-0.4, -0.2) is 6.67 Å². The summed E-state index contributed by atoms with van der Waals surface area (Å²) in [5.41, 5.74) is 2.00. The molecule has 1 aromatic carbocycles. The van der Waals surface area contributed by atoms with E-state index >= 15 is 0 Å². The molecule has 1 aromatic rings. The predicted octanol–water partition coefficient (Wildman–Crippen LogP) is 3.81. The topological polar surface area (TPSA) is 0 Å². The van der Waals surface area contributed by atoms with Crippen molar-refractivity contribution in [1.29, 1.82) is 0 Å². The molecule has 0 fully saturated rings. The van der Waals surface area contributed by atoms with Crippen LogP contribution in [-0.2, 0) is 6.42 Å². The zero-order chi connectivity index (χ0) is 9.84. The van der Waals surface area contributed by atoms with Crippen LogP contribution >= 0.6 is 11.6 Å². The highest BCUT2D eigenvalue weighted by molar-refractivity contribution is 6.31. The van der Waals surface area contributed by atoms with Crippen LogP contribution in [0.15, 0.2) is 18.2 Å². The van der Waals surface area contributed by atoms with Gasteiger partial charge in [-0.25, -0.2) is 0 Å². The minimum Gasteiger partial charge on any atom is -0.250 e. The van der Waals surface area contributed by atoms with Crippen molar-refractivity contribution in [3.05, 3.63) is 40.3 Å². The predicted molar refractivity (Wildman–Crippen MR) is 54.8 cm³/mol. The first-order valence-electron chi connectivity index (χ1n) is 4.36. The summed E-state index contributed by atoms with van der Waals surface area (Å²) in [6, 6.07) is 5.70. The molecule has 71 valence electrons. The Bertz CT molecular complexity index is 283. The lowest BCUT2D eigenvalue weighted by atomic mass is 10.0. The third-order valence-corrected chi connectivity index (χ3v) is 2.48. The van der Waals surface area contributed by atoms with Gasteiger partial charge in [-0.3, -0.25) is 4.39 Å². The van der Waals surface area contributed by atoms with E-state index in [0.717, 1.165) is 28.5 Å². The Morgan fingerprint density at radius 1 is 1.46 bits per heavy atom. The van der Waals surface area contributed by atoms with E-state index in [0.29, 0.717) is 0 Å². The van der Waals surface area contributed by atoms with Crippen LogP contribution in [0.2, 0.25) is 5.02 Å². The molecule has 0 saturated carbocycles. The molecule has 0 unspecified atom stereocenters. The number of halogens is 2. The second-order valence-corrected chi connectivity index (χ2v) is 3.48. The summed E-state index contributed by atoms with van der Waals surface area (Å²) >= 11 is 5.99. The zero-order valence-electron chi connectivity index (χ0n) is 7.90. The Morgan fingerprint density at radius 2 is 2.15 bits per heavy atom. The molecule has 0 aliphatic heterocycles. The van der Waals surface area contributed by atoms with E-state index in [-0.39, 0.29) is 0 Å². The van der Waals surface area contributed by atoms with Crippen molar-refractivity contribution >= 4 is 11.6 Å². The normalized spacial score (nSPS) is 10.8. The molecule has 0 saturated heterocycles. The molecule has 13 heavy (non-hydrogen) atoms. The molecule has 0 heterocycles. The van der Waals surface area contributed by atoms with Gasteiger partial charge in [0.25, 0.3) is 0 Å². The van der Waals surface area contributed by atoms with Crippen LogP contribution in [0.1, 0.15) is 25.0 Å². The van der Waals surface area contributed by atoms with Crippen molar-refractivity contribution in [3.8, 4) is 0 Å². The fraction of sp³-hybridized carbons (Fsp3) is 0.364. The van der Waals surface area contributed by atoms with Gasteiger partial charge >= 0.3 is 0 Å². The van der Waals surface area contributed by atoms with Gasteiger partial charge in [0.05, 0.1) is 6.67 Å². The van der Waals surface area contributed by atoms with Gasteiger partial charge in [0.2, 0.25) is 0 Å². The first kappa shape index (κ1) is 10.5. The summed E-state index contributed by atoms with van der Waals surface area (Å²) in [7, 11) is 0. The summed E-state index contributed by atoms with van der Waals surface area (Å²) in [6.07, 6.45) is 0.911. The Balaban J connectivity index is 2.95. The lowest BCUT2D eigenvalue weighted by Crippen LogP contribution is -1.97. The van der Waals surface area contributed by atoms with Crippen molar-refractivity contribution in [2.75, 3.05) is 6.67 Å². The fourth-order valence-corrected chi connectivity index (χ4v) is 1.49. The SMILES string of the molecule is CCc1ccc([C](C)CF)cc1Cl. The van der Waals surface area contributed by atoms with Crippen molar-refractivity contribution in [1.82, 2.24) is 0 Å². The maximum absolute atomic E-state index is 12.3. The quantitative estimate of drug-likeness (QED) is 0.695. The van der Waals surface area contributed by atoms with Crippen molar-refractivity contribution in [2.24, 2.45) is 0 Å². The summed E-state index contributed by atoms with van der Waals surface area (Å²) in [6.45, 7) is 3.41. The Morgan fingerprint density at radius 3 is 2.62 bits per heavy atom. The largest absolute Gasteiger partial charge is 0.250 e. The molecule has 0 spiro atoms. The zero-order valence-corrected chi connectivity index (χ0v) is 8.66. The van der Waals surface area contributed by atoms with Gasteiger partial charge in [0, 0.05) is 10.9 Å². The monoisotopic (exact) mass is 199 g/mol. The average Bonchev–Trinajstić information content (AvgIpc) is 2.16. The molecule has 0 aliphatic carbocycles. The molecule has 1 radical (unpaired) electrons. The minimum absolute atomic E-state index is 0.415. The fourth-order valence-electron chi connectivity index (χ4n) is 1.18. The van der Waals surface area contributed by atoms with E-state index in [4.69, 9.17) is 11.6 Å². The smallest absolute Gasteiger partial charge is 0.0997 e. The number of alkyl halides is 1. The molecule has 0 atom stereocenters. The average molecular weight is 200 g/mol. The third-order valence-electron chi connectivity index (χ3n) is 2.13. The second kappa shape index (κ2) is 4.61.